The lowest BCUT2D eigenvalue weighted by Crippen LogP contribution is -2.31. The highest BCUT2D eigenvalue weighted by molar-refractivity contribution is 8.04. The zero-order chi connectivity index (χ0) is 22.0. The molecule has 0 bridgehead atoms. The van der Waals surface area contributed by atoms with Gasteiger partial charge in [-0.1, -0.05) is 59.8 Å². The van der Waals surface area contributed by atoms with Crippen LogP contribution in [0.25, 0.3) is 5.57 Å². The Hall–Kier alpha value is -3.51. The van der Waals surface area contributed by atoms with Crippen LogP contribution < -0.4 is 14.4 Å². The molecule has 0 unspecified atom stereocenters. The molecular weight excluding hydrogens is 410 g/mol. The fraction of sp³-hybridized carbons (Fsp3) is 0.120. The molecule has 0 saturated heterocycles. The van der Waals surface area contributed by atoms with Gasteiger partial charge in [0.2, 0.25) is 0 Å². The van der Waals surface area contributed by atoms with Crippen LogP contribution in [0, 0.1) is 6.92 Å². The number of ether oxygens (including phenoxy) is 2. The number of aryl methyl sites for hydroxylation is 1. The van der Waals surface area contributed by atoms with E-state index >= 15 is 0 Å². The molecule has 3 aromatic rings. The Balaban J connectivity index is 1.83. The summed E-state index contributed by atoms with van der Waals surface area (Å²) in [5.41, 5.74) is 2.55. The van der Waals surface area contributed by atoms with Gasteiger partial charge in [0.25, 0.3) is 11.8 Å². The topological polar surface area (TPSA) is 55.8 Å². The zero-order valence-corrected chi connectivity index (χ0v) is 18.2. The summed E-state index contributed by atoms with van der Waals surface area (Å²) < 4.78 is 10.7. The molecule has 0 fully saturated rings. The molecule has 0 aromatic heterocycles. The Bertz CT molecular complexity index is 1170. The van der Waals surface area contributed by atoms with E-state index in [4.69, 9.17) is 9.47 Å². The Morgan fingerprint density at radius 2 is 1.52 bits per heavy atom. The molecule has 1 aliphatic rings. The second-order valence-electron chi connectivity index (χ2n) is 6.97. The van der Waals surface area contributed by atoms with Gasteiger partial charge in [-0.3, -0.25) is 9.59 Å². The normalized spacial score (nSPS) is 13.7. The first kappa shape index (κ1) is 20.8. The van der Waals surface area contributed by atoms with Gasteiger partial charge in [0.05, 0.1) is 30.4 Å². The third kappa shape index (κ3) is 3.94. The Morgan fingerprint density at radius 3 is 2.16 bits per heavy atom. The number of benzene rings is 3. The van der Waals surface area contributed by atoms with E-state index in [1.165, 1.54) is 23.8 Å². The number of anilines is 1. The van der Waals surface area contributed by atoms with Crippen LogP contribution in [0.3, 0.4) is 0 Å². The van der Waals surface area contributed by atoms with E-state index in [9.17, 15) is 9.59 Å². The van der Waals surface area contributed by atoms with E-state index < -0.39 is 0 Å². The third-order valence-electron chi connectivity index (χ3n) is 4.97. The predicted molar refractivity (Wildman–Crippen MR) is 122 cm³/mol. The zero-order valence-electron chi connectivity index (χ0n) is 17.4. The minimum atomic E-state index is -0.379. The maximum Gasteiger partial charge on any atom is 0.273 e. The van der Waals surface area contributed by atoms with Gasteiger partial charge in [0.15, 0.2) is 0 Å². The average molecular weight is 432 g/mol. The number of thioether (sulfide) groups is 1. The number of carbonyl (C=O) groups is 2. The highest BCUT2D eigenvalue weighted by atomic mass is 32.2. The van der Waals surface area contributed by atoms with Crippen molar-refractivity contribution < 1.29 is 19.1 Å². The summed E-state index contributed by atoms with van der Waals surface area (Å²) in [5, 5.41) is 0. The van der Waals surface area contributed by atoms with Crippen molar-refractivity contribution in [1.82, 2.24) is 0 Å². The Morgan fingerprint density at radius 1 is 0.806 bits per heavy atom. The minimum absolute atomic E-state index is 0.377. The molecular formula is C25H21NO4S. The van der Waals surface area contributed by atoms with Crippen LogP contribution in [0.5, 0.6) is 11.5 Å². The van der Waals surface area contributed by atoms with E-state index in [0.29, 0.717) is 33.2 Å². The van der Waals surface area contributed by atoms with Gasteiger partial charge in [-0.2, -0.15) is 0 Å². The van der Waals surface area contributed by atoms with Gasteiger partial charge >= 0.3 is 0 Å². The number of amides is 2. The molecule has 5 nitrogen and oxygen atoms in total. The van der Waals surface area contributed by atoms with E-state index in [1.807, 2.05) is 61.5 Å². The minimum Gasteiger partial charge on any atom is -0.497 e. The standard InChI is InChI=1S/C25H21NO4S/c1-16-9-11-17(12-10-16)22-23(31-19-7-5-4-6-8-19)25(28)26(24(22)27)20-14-13-18(29-2)15-21(20)30-3/h4-15H,1-3H3. The van der Waals surface area contributed by atoms with Gasteiger partial charge < -0.3 is 9.47 Å². The van der Waals surface area contributed by atoms with E-state index in [2.05, 4.69) is 0 Å². The number of methoxy groups -OCH3 is 2. The number of imide groups is 1. The van der Waals surface area contributed by atoms with Crippen LogP contribution in [0.15, 0.2) is 82.6 Å². The van der Waals surface area contributed by atoms with Crippen LogP contribution in [-0.2, 0) is 9.59 Å². The summed E-state index contributed by atoms with van der Waals surface area (Å²) in [6.45, 7) is 1.98. The molecule has 31 heavy (non-hydrogen) atoms. The van der Waals surface area contributed by atoms with Crippen LogP contribution in [-0.4, -0.2) is 26.0 Å². The summed E-state index contributed by atoms with van der Waals surface area (Å²) >= 11 is 1.29. The summed E-state index contributed by atoms with van der Waals surface area (Å²) in [6, 6.07) is 22.2. The number of hydrogen-bond acceptors (Lipinski definition) is 5. The van der Waals surface area contributed by atoms with Crippen molar-refractivity contribution >= 4 is 34.8 Å². The maximum absolute atomic E-state index is 13.6. The van der Waals surface area contributed by atoms with Crippen molar-refractivity contribution in [3.8, 4) is 11.5 Å². The van der Waals surface area contributed by atoms with Crippen molar-refractivity contribution in [2.24, 2.45) is 0 Å². The molecule has 3 aromatic carbocycles. The first-order valence-corrected chi connectivity index (χ1v) is 10.5. The molecule has 1 aliphatic heterocycles. The van der Waals surface area contributed by atoms with Crippen LogP contribution in [0.2, 0.25) is 0 Å². The van der Waals surface area contributed by atoms with Crippen LogP contribution in [0.4, 0.5) is 5.69 Å². The quantitative estimate of drug-likeness (QED) is 0.509. The molecule has 0 radical (unpaired) electrons. The van der Waals surface area contributed by atoms with Crippen molar-refractivity contribution in [1.29, 1.82) is 0 Å². The maximum atomic E-state index is 13.6. The molecule has 0 spiro atoms. The Labute approximate surface area is 185 Å². The van der Waals surface area contributed by atoms with E-state index in [1.54, 1.807) is 25.3 Å². The number of carbonyl (C=O) groups excluding carboxylic acids is 2. The van der Waals surface area contributed by atoms with Crippen LogP contribution in [0.1, 0.15) is 11.1 Å². The van der Waals surface area contributed by atoms with Crippen LogP contribution >= 0.6 is 11.8 Å². The van der Waals surface area contributed by atoms with Crippen molar-refractivity contribution in [2.75, 3.05) is 19.1 Å². The summed E-state index contributed by atoms with van der Waals surface area (Å²) in [7, 11) is 3.05. The van der Waals surface area contributed by atoms with Gasteiger partial charge in [-0.25, -0.2) is 4.90 Å². The molecule has 1 heterocycles. The third-order valence-corrected chi connectivity index (χ3v) is 6.06. The van der Waals surface area contributed by atoms with Crippen molar-refractivity contribution in [2.45, 2.75) is 11.8 Å². The molecule has 0 saturated carbocycles. The fourth-order valence-corrected chi connectivity index (χ4v) is 4.39. The monoisotopic (exact) mass is 431 g/mol. The highest BCUT2D eigenvalue weighted by Crippen LogP contribution is 2.44. The summed E-state index contributed by atoms with van der Waals surface area (Å²) in [5.74, 6) is 0.203. The molecule has 0 N–H and O–H groups in total. The lowest BCUT2D eigenvalue weighted by atomic mass is 10.0. The molecule has 0 aliphatic carbocycles. The van der Waals surface area contributed by atoms with Gasteiger partial charge in [-0.15, -0.1) is 0 Å². The molecule has 4 rings (SSSR count). The second kappa shape index (κ2) is 8.70. The van der Waals surface area contributed by atoms with E-state index in [0.717, 1.165) is 10.5 Å². The van der Waals surface area contributed by atoms with Crippen molar-refractivity contribution in [3.63, 3.8) is 0 Å². The van der Waals surface area contributed by atoms with E-state index in [-0.39, 0.29) is 11.8 Å². The fourth-order valence-electron chi connectivity index (χ4n) is 3.37. The lowest BCUT2D eigenvalue weighted by Gasteiger charge is -2.19. The smallest absolute Gasteiger partial charge is 0.273 e. The number of nitrogens with zero attached hydrogens (tertiary/aromatic N) is 1. The average Bonchev–Trinajstić information content (AvgIpc) is 3.04. The Kier molecular flexibility index (Phi) is 5.82. The molecule has 0 atom stereocenters. The largest absolute Gasteiger partial charge is 0.497 e. The first-order chi connectivity index (χ1) is 15.0. The predicted octanol–water partition coefficient (Wildman–Crippen LogP) is 5.09. The van der Waals surface area contributed by atoms with Gasteiger partial charge in [0, 0.05) is 11.0 Å². The summed E-state index contributed by atoms with van der Waals surface area (Å²) in [4.78, 5) is 29.6. The molecule has 2 amide bonds. The SMILES string of the molecule is COc1ccc(N2C(=O)C(Sc3ccccc3)=C(c3ccc(C)cc3)C2=O)c(OC)c1. The van der Waals surface area contributed by atoms with Gasteiger partial charge in [-0.05, 0) is 36.8 Å². The van der Waals surface area contributed by atoms with Gasteiger partial charge in [0.1, 0.15) is 11.5 Å². The van der Waals surface area contributed by atoms with Crippen molar-refractivity contribution in [3.05, 3.63) is 88.8 Å². The first-order valence-electron chi connectivity index (χ1n) is 9.68. The summed E-state index contributed by atoms with van der Waals surface area (Å²) in [6.07, 6.45) is 0. The molecule has 156 valence electrons. The lowest BCUT2D eigenvalue weighted by molar-refractivity contribution is -0.119. The number of hydrogen-bond donors (Lipinski definition) is 0. The second-order valence-corrected chi connectivity index (χ2v) is 8.05. The highest BCUT2D eigenvalue weighted by Gasteiger charge is 2.41. The molecule has 6 heteroatoms. The number of rotatable bonds is 6.